The highest BCUT2D eigenvalue weighted by molar-refractivity contribution is 5.71. The Bertz CT molecular complexity index is 1590. The fraction of sp³-hybridized carbons (Fsp3) is 0.671. The summed E-state index contributed by atoms with van der Waals surface area (Å²) in [5.41, 5.74) is 0. The third-order valence-corrected chi connectivity index (χ3v) is 13.2. The van der Waals surface area contributed by atoms with Crippen molar-refractivity contribution < 1.29 is 28.6 Å². The number of rotatable bonds is 56. The Hall–Kier alpha value is -4.19. The molecule has 0 radical (unpaired) electrons. The van der Waals surface area contributed by atoms with Gasteiger partial charge in [-0.3, -0.25) is 14.4 Å². The Kier molecular flexibility index (Phi) is 59.9. The molecule has 0 saturated heterocycles. The van der Waals surface area contributed by atoms with Crippen LogP contribution in [0.15, 0.2) is 122 Å². The Morgan fingerprint density at radius 2 is 0.513 bits per heavy atom. The van der Waals surface area contributed by atoms with Crippen LogP contribution in [-0.4, -0.2) is 37.2 Å². The van der Waals surface area contributed by atoms with E-state index < -0.39 is 6.10 Å². The van der Waals surface area contributed by atoms with Crippen LogP contribution in [-0.2, 0) is 28.6 Å². The average molecular weight is 1050 g/mol. The highest BCUT2D eigenvalue weighted by Gasteiger charge is 2.19. The fourth-order valence-electron chi connectivity index (χ4n) is 8.49. The summed E-state index contributed by atoms with van der Waals surface area (Å²) >= 11 is 0. The molecule has 0 aliphatic heterocycles. The van der Waals surface area contributed by atoms with Gasteiger partial charge >= 0.3 is 17.9 Å². The second-order valence-electron chi connectivity index (χ2n) is 20.6. The summed E-state index contributed by atoms with van der Waals surface area (Å²) in [6, 6.07) is 0. The summed E-state index contributed by atoms with van der Waals surface area (Å²) in [6.07, 6.45) is 88.1. The first kappa shape index (κ1) is 71.8. The van der Waals surface area contributed by atoms with Crippen LogP contribution < -0.4 is 0 Å². The number of hydrogen-bond acceptors (Lipinski definition) is 6. The van der Waals surface area contributed by atoms with E-state index in [2.05, 4.69) is 142 Å². The first-order valence-electron chi connectivity index (χ1n) is 31.5. The molecule has 0 rings (SSSR count). The Morgan fingerprint density at radius 3 is 0.829 bits per heavy atom. The van der Waals surface area contributed by atoms with Crippen molar-refractivity contribution in [3.05, 3.63) is 122 Å². The standard InChI is InChI=1S/C70H116O6/c1-4-7-10-13-16-18-20-22-24-26-27-28-29-30-31-32-33-34-35-36-37-38-39-40-41-42-43-45-46-48-50-52-54-57-60-63-69(72)75-66-67(65-74-68(71)62-59-56-15-12-9-6-3)76-70(73)64-61-58-55-53-51-49-47-44-25-23-21-19-17-14-11-8-5-2/h7,10,16-19,22-25,27-28,30-31,33-34,36-37,39-40,67H,4-6,8-9,11-15,20-21,26,29,32,35,38,41-66H2,1-3H3/b10-7-,18-16-,19-17-,24-22-,25-23-,28-27-,31-30-,34-33-,37-36-,40-39-. The van der Waals surface area contributed by atoms with Crippen LogP contribution in [0, 0.1) is 0 Å². The summed E-state index contributed by atoms with van der Waals surface area (Å²) in [4.78, 5) is 37.9. The maximum Gasteiger partial charge on any atom is 0.306 e. The van der Waals surface area contributed by atoms with Gasteiger partial charge in [0.1, 0.15) is 13.2 Å². The lowest BCUT2D eigenvalue weighted by Crippen LogP contribution is -2.30. The molecule has 0 aliphatic carbocycles. The molecule has 0 aromatic carbocycles. The third-order valence-electron chi connectivity index (χ3n) is 13.2. The molecular weight excluding hydrogens is 937 g/mol. The average Bonchev–Trinajstić information content (AvgIpc) is 3.42. The first-order chi connectivity index (χ1) is 37.5. The molecule has 6 heteroatoms. The minimum atomic E-state index is -0.782. The molecule has 0 N–H and O–H groups in total. The van der Waals surface area contributed by atoms with Crippen LogP contribution in [0.1, 0.15) is 284 Å². The predicted octanol–water partition coefficient (Wildman–Crippen LogP) is 21.6. The van der Waals surface area contributed by atoms with Crippen molar-refractivity contribution in [2.24, 2.45) is 0 Å². The minimum absolute atomic E-state index is 0.0825. The van der Waals surface area contributed by atoms with Crippen molar-refractivity contribution in [3.63, 3.8) is 0 Å². The van der Waals surface area contributed by atoms with E-state index in [4.69, 9.17) is 14.2 Å². The Balaban J connectivity index is 4.08. The smallest absolute Gasteiger partial charge is 0.306 e. The van der Waals surface area contributed by atoms with Crippen LogP contribution >= 0.6 is 0 Å². The van der Waals surface area contributed by atoms with Crippen molar-refractivity contribution in [3.8, 4) is 0 Å². The molecule has 0 bridgehead atoms. The van der Waals surface area contributed by atoms with E-state index in [9.17, 15) is 14.4 Å². The molecule has 0 aliphatic rings. The molecule has 0 spiro atoms. The molecular formula is C70H116O6. The highest BCUT2D eigenvalue weighted by atomic mass is 16.6. The number of allylic oxidation sites excluding steroid dienone is 20. The summed E-state index contributed by atoms with van der Waals surface area (Å²) < 4.78 is 16.8. The van der Waals surface area contributed by atoms with Gasteiger partial charge in [0.05, 0.1) is 0 Å². The number of carbonyl (C=O) groups is 3. The molecule has 0 saturated carbocycles. The van der Waals surface area contributed by atoms with Crippen molar-refractivity contribution in [1.82, 2.24) is 0 Å². The van der Waals surface area contributed by atoms with Gasteiger partial charge in [-0.2, -0.15) is 0 Å². The number of ether oxygens (including phenoxy) is 3. The Morgan fingerprint density at radius 1 is 0.276 bits per heavy atom. The van der Waals surface area contributed by atoms with E-state index >= 15 is 0 Å². The van der Waals surface area contributed by atoms with Crippen molar-refractivity contribution in [2.75, 3.05) is 13.2 Å². The van der Waals surface area contributed by atoms with Crippen LogP contribution in [0.4, 0.5) is 0 Å². The molecule has 1 atom stereocenters. The molecule has 6 nitrogen and oxygen atoms in total. The zero-order valence-electron chi connectivity index (χ0n) is 49.5. The van der Waals surface area contributed by atoms with Crippen LogP contribution in [0.25, 0.3) is 0 Å². The summed E-state index contributed by atoms with van der Waals surface area (Å²) in [7, 11) is 0. The van der Waals surface area contributed by atoms with Gasteiger partial charge in [0.25, 0.3) is 0 Å². The molecule has 0 aromatic heterocycles. The first-order valence-corrected chi connectivity index (χ1v) is 31.5. The van der Waals surface area contributed by atoms with E-state index in [1.165, 1.54) is 122 Å². The van der Waals surface area contributed by atoms with Gasteiger partial charge in [-0.25, -0.2) is 0 Å². The highest BCUT2D eigenvalue weighted by Crippen LogP contribution is 2.15. The largest absolute Gasteiger partial charge is 0.462 e. The van der Waals surface area contributed by atoms with Crippen molar-refractivity contribution >= 4 is 17.9 Å². The molecule has 0 amide bonds. The van der Waals surface area contributed by atoms with Crippen LogP contribution in [0.3, 0.4) is 0 Å². The summed E-state index contributed by atoms with van der Waals surface area (Å²) in [5, 5.41) is 0. The SMILES string of the molecule is CC/C=C\C/C=C\C/C=C\C/C=C\C/C=C\C/C=C\C/C=C\C/C=C\CCCCCCCCCCCCC(=O)OCC(COC(=O)CCCCCCCC)OC(=O)CCCCCCCCC/C=C\C/C=C\CCCCC. The molecule has 432 valence electrons. The number of hydrogen-bond donors (Lipinski definition) is 0. The zero-order valence-corrected chi connectivity index (χ0v) is 49.5. The van der Waals surface area contributed by atoms with Gasteiger partial charge in [0.15, 0.2) is 6.10 Å². The third kappa shape index (κ3) is 60.7. The lowest BCUT2D eigenvalue weighted by molar-refractivity contribution is -0.167. The summed E-state index contributed by atoms with van der Waals surface area (Å²) in [5.74, 6) is -0.903. The van der Waals surface area contributed by atoms with Crippen molar-refractivity contribution in [1.29, 1.82) is 0 Å². The van der Waals surface area contributed by atoms with E-state index in [-0.39, 0.29) is 31.1 Å². The second kappa shape index (κ2) is 63.3. The summed E-state index contributed by atoms with van der Waals surface area (Å²) in [6.45, 7) is 6.43. The van der Waals surface area contributed by atoms with Crippen LogP contribution in [0.2, 0.25) is 0 Å². The van der Waals surface area contributed by atoms with Gasteiger partial charge < -0.3 is 14.2 Å². The topological polar surface area (TPSA) is 78.9 Å². The van der Waals surface area contributed by atoms with E-state index in [0.717, 1.165) is 122 Å². The van der Waals surface area contributed by atoms with Gasteiger partial charge in [0, 0.05) is 19.3 Å². The van der Waals surface area contributed by atoms with Gasteiger partial charge in [0.2, 0.25) is 0 Å². The number of carbonyl (C=O) groups excluding carboxylic acids is 3. The second-order valence-corrected chi connectivity index (χ2v) is 20.6. The number of esters is 3. The monoisotopic (exact) mass is 1050 g/mol. The van der Waals surface area contributed by atoms with Crippen molar-refractivity contribution in [2.45, 2.75) is 290 Å². The molecule has 76 heavy (non-hydrogen) atoms. The normalized spacial score (nSPS) is 12.9. The van der Waals surface area contributed by atoms with Crippen LogP contribution in [0.5, 0.6) is 0 Å². The molecule has 0 aromatic rings. The molecule has 1 unspecified atom stereocenters. The lowest BCUT2D eigenvalue weighted by Gasteiger charge is -2.18. The van der Waals surface area contributed by atoms with E-state index in [1.807, 2.05) is 0 Å². The van der Waals surface area contributed by atoms with Gasteiger partial charge in [-0.15, -0.1) is 0 Å². The lowest BCUT2D eigenvalue weighted by atomic mass is 10.1. The molecule has 0 fully saturated rings. The maximum atomic E-state index is 12.8. The minimum Gasteiger partial charge on any atom is -0.462 e. The Labute approximate surface area is 469 Å². The predicted molar refractivity (Wildman–Crippen MR) is 330 cm³/mol. The van der Waals surface area contributed by atoms with E-state index in [1.54, 1.807) is 0 Å². The fourth-order valence-corrected chi connectivity index (χ4v) is 8.49. The molecule has 0 heterocycles. The quantitative estimate of drug-likeness (QED) is 0.0261. The van der Waals surface area contributed by atoms with Gasteiger partial charge in [-0.1, -0.05) is 271 Å². The van der Waals surface area contributed by atoms with E-state index in [0.29, 0.717) is 19.3 Å². The zero-order chi connectivity index (χ0) is 55.0. The maximum absolute atomic E-state index is 12.8. The van der Waals surface area contributed by atoms with Gasteiger partial charge in [-0.05, 0) is 116 Å². The number of unbranched alkanes of at least 4 members (excludes halogenated alkanes) is 25.